The molecule has 0 aliphatic carbocycles. The van der Waals surface area contributed by atoms with E-state index < -0.39 is 22.5 Å². The summed E-state index contributed by atoms with van der Waals surface area (Å²) in [4.78, 5) is 2.39. The van der Waals surface area contributed by atoms with E-state index in [9.17, 15) is 8.42 Å². The summed E-state index contributed by atoms with van der Waals surface area (Å²) in [5.74, 6) is -0.312. The summed E-state index contributed by atoms with van der Waals surface area (Å²) in [7, 11) is -3.18. The van der Waals surface area contributed by atoms with Gasteiger partial charge in [0, 0.05) is 11.2 Å². The molecular weight excluding hydrogens is 170 g/mol. The fraction of sp³-hybridized carbons (Fsp3) is 1.00. The van der Waals surface area contributed by atoms with Crippen LogP contribution in [0.1, 0.15) is 0 Å². The monoisotopic (exact) mass is 179 g/mol. The average Bonchev–Trinajstić information content (AvgIpc) is 1.84. The Bertz CT molecular complexity index is 254. The second-order valence-electron chi connectivity index (χ2n) is 2.13. The van der Waals surface area contributed by atoms with Gasteiger partial charge >= 0.3 is 0 Å². The molecule has 0 heterocycles. The fourth-order valence-electron chi connectivity index (χ4n) is 0.545. The van der Waals surface area contributed by atoms with Gasteiger partial charge in [-0.3, -0.25) is 0 Å². The zero-order valence-electron chi connectivity index (χ0n) is 6.01. The van der Waals surface area contributed by atoms with Crippen molar-refractivity contribution in [3.8, 4) is 0 Å². The Morgan fingerprint density at radius 2 is 2.27 bits per heavy atom. The molecule has 0 aliphatic rings. The molecule has 11 heavy (non-hydrogen) atoms. The third kappa shape index (κ3) is 5.65. The van der Waals surface area contributed by atoms with Crippen molar-refractivity contribution in [1.29, 1.82) is 0 Å². The van der Waals surface area contributed by atoms with Crippen LogP contribution in [0.5, 0.6) is 0 Å². The molecule has 64 valence electrons. The molecule has 0 saturated heterocycles. The van der Waals surface area contributed by atoms with Crippen molar-refractivity contribution in [3.05, 3.63) is 10.4 Å². The highest BCUT2D eigenvalue weighted by molar-refractivity contribution is 7.90. The second kappa shape index (κ2) is 4.17. The summed E-state index contributed by atoms with van der Waals surface area (Å²) in [5, 5.41) is 11.6. The Balaban J connectivity index is 4.21. The Morgan fingerprint density at radius 1 is 1.73 bits per heavy atom. The van der Waals surface area contributed by atoms with E-state index in [2.05, 4.69) is 10.0 Å². The first-order valence-corrected chi connectivity index (χ1v) is 4.88. The molecule has 1 atom stereocenters. The predicted molar refractivity (Wildman–Crippen MR) is 39.7 cm³/mol. The Kier molecular flexibility index (Phi) is 3.88. The van der Waals surface area contributed by atoms with Crippen molar-refractivity contribution in [2.45, 2.75) is 6.04 Å². The van der Waals surface area contributed by atoms with E-state index in [4.69, 9.17) is 10.6 Å². The highest BCUT2D eigenvalue weighted by Gasteiger charge is 2.11. The van der Waals surface area contributed by atoms with Crippen molar-refractivity contribution in [3.63, 3.8) is 0 Å². The molecular formula is C4H9N3O3S. The minimum absolute atomic E-state index is 0.312. The van der Waals surface area contributed by atoms with Crippen molar-refractivity contribution in [1.82, 2.24) is 0 Å². The van der Waals surface area contributed by atoms with Gasteiger partial charge in [0.05, 0.1) is 18.4 Å². The van der Waals surface area contributed by atoms with Crippen LogP contribution in [-0.2, 0) is 9.84 Å². The lowest BCUT2D eigenvalue weighted by Gasteiger charge is -2.03. The molecule has 7 heteroatoms. The van der Waals surface area contributed by atoms with Gasteiger partial charge < -0.3 is 5.11 Å². The van der Waals surface area contributed by atoms with Gasteiger partial charge in [-0.2, -0.15) is 0 Å². The summed E-state index contributed by atoms with van der Waals surface area (Å²) >= 11 is 0. The normalized spacial score (nSPS) is 13.6. The van der Waals surface area contributed by atoms with Gasteiger partial charge in [-0.05, 0) is 5.53 Å². The highest BCUT2D eigenvalue weighted by atomic mass is 32.2. The number of aliphatic hydroxyl groups is 1. The van der Waals surface area contributed by atoms with Crippen LogP contribution in [0, 0.1) is 0 Å². The molecule has 0 aromatic rings. The fourth-order valence-corrected chi connectivity index (χ4v) is 1.42. The third-order valence-corrected chi connectivity index (χ3v) is 1.91. The zero-order chi connectivity index (χ0) is 8.91. The lowest BCUT2D eigenvalue weighted by Crippen LogP contribution is -2.21. The number of nitrogens with zero attached hydrogens (tertiary/aromatic N) is 3. The van der Waals surface area contributed by atoms with Gasteiger partial charge in [-0.1, -0.05) is 5.11 Å². The van der Waals surface area contributed by atoms with Gasteiger partial charge in [0.25, 0.3) is 0 Å². The maximum absolute atomic E-state index is 10.6. The summed E-state index contributed by atoms with van der Waals surface area (Å²) in [6.07, 6.45) is 1.02. The maximum Gasteiger partial charge on any atom is 0.147 e. The summed E-state index contributed by atoms with van der Waals surface area (Å²) in [6, 6.07) is -0.866. The van der Waals surface area contributed by atoms with E-state index >= 15 is 0 Å². The van der Waals surface area contributed by atoms with Gasteiger partial charge in [-0.25, -0.2) is 8.42 Å². The second-order valence-corrected chi connectivity index (χ2v) is 4.32. The molecule has 0 aromatic heterocycles. The molecule has 0 bridgehead atoms. The molecule has 0 rings (SSSR count). The van der Waals surface area contributed by atoms with Crippen molar-refractivity contribution < 1.29 is 13.5 Å². The number of aliphatic hydroxyl groups excluding tert-OH is 1. The van der Waals surface area contributed by atoms with E-state index in [1.807, 2.05) is 0 Å². The van der Waals surface area contributed by atoms with Crippen LogP contribution in [0.2, 0.25) is 0 Å². The molecule has 0 fully saturated rings. The topological polar surface area (TPSA) is 103 Å². The maximum atomic E-state index is 10.6. The van der Waals surface area contributed by atoms with E-state index in [1.165, 1.54) is 0 Å². The van der Waals surface area contributed by atoms with Gasteiger partial charge in [0.15, 0.2) is 0 Å². The van der Waals surface area contributed by atoms with Gasteiger partial charge in [0.1, 0.15) is 9.84 Å². The Labute approximate surface area is 64.4 Å². The molecule has 1 unspecified atom stereocenters. The standard InChI is InChI=1S/C4H9N3O3S/c1-11(9,10)3-4(2-8)6-7-5/h4,8H,2-3H2,1H3. The number of sulfone groups is 1. The number of azide groups is 1. The number of hydrogen-bond acceptors (Lipinski definition) is 4. The zero-order valence-corrected chi connectivity index (χ0v) is 6.82. The summed E-state index contributed by atoms with van der Waals surface area (Å²) < 4.78 is 21.2. The van der Waals surface area contributed by atoms with Crippen molar-refractivity contribution in [2.24, 2.45) is 5.11 Å². The first-order valence-electron chi connectivity index (χ1n) is 2.82. The van der Waals surface area contributed by atoms with Crippen LogP contribution in [0.4, 0.5) is 0 Å². The van der Waals surface area contributed by atoms with Gasteiger partial charge in [-0.15, -0.1) is 0 Å². The largest absolute Gasteiger partial charge is 0.396 e. The van der Waals surface area contributed by atoms with Crippen LogP contribution in [0.25, 0.3) is 10.4 Å². The lowest BCUT2D eigenvalue weighted by molar-refractivity contribution is 0.274. The summed E-state index contributed by atoms with van der Waals surface area (Å²) in [5.41, 5.74) is 7.92. The van der Waals surface area contributed by atoms with E-state index in [0.717, 1.165) is 6.26 Å². The first-order chi connectivity index (χ1) is 4.99. The molecule has 1 N–H and O–H groups in total. The molecule has 0 radical (unpaired) electrons. The van der Waals surface area contributed by atoms with Crippen LogP contribution in [0.3, 0.4) is 0 Å². The van der Waals surface area contributed by atoms with Crippen LogP contribution in [0.15, 0.2) is 5.11 Å². The van der Waals surface area contributed by atoms with Gasteiger partial charge in [0.2, 0.25) is 0 Å². The molecule has 0 aliphatic heterocycles. The lowest BCUT2D eigenvalue weighted by atomic mass is 10.4. The van der Waals surface area contributed by atoms with Crippen molar-refractivity contribution in [2.75, 3.05) is 18.6 Å². The highest BCUT2D eigenvalue weighted by Crippen LogP contribution is 1.95. The Hall–Kier alpha value is -0.780. The first kappa shape index (κ1) is 10.2. The predicted octanol–water partition coefficient (Wildman–Crippen LogP) is -0.298. The SMILES string of the molecule is CS(=O)(=O)CC(CO)N=[N+]=[N-]. The molecule has 0 amide bonds. The van der Waals surface area contributed by atoms with Crippen LogP contribution in [-0.4, -0.2) is 38.2 Å². The molecule has 6 nitrogen and oxygen atoms in total. The minimum atomic E-state index is -3.18. The van der Waals surface area contributed by atoms with E-state index in [-0.39, 0.29) is 5.75 Å². The molecule has 0 saturated carbocycles. The molecule has 0 aromatic carbocycles. The number of rotatable bonds is 4. The minimum Gasteiger partial charge on any atom is -0.396 e. The summed E-state index contributed by atoms with van der Waals surface area (Å²) in [6.45, 7) is -0.447. The quantitative estimate of drug-likeness (QED) is 0.364. The van der Waals surface area contributed by atoms with E-state index in [1.54, 1.807) is 0 Å². The van der Waals surface area contributed by atoms with Crippen LogP contribution >= 0.6 is 0 Å². The van der Waals surface area contributed by atoms with Crippen LogP contribution < -0.4 is 0 Å². The molecule has 0 spiro atoms. The number of hydrogen-bond donors (Lipinski definition) is 1. The van der Waals surface area contributed by atoms with Crippen molar-refractivity contribution >= 4 is 9.84 Å². The third-order valence-electron chi connectivity index (χ3n) is 0.921. The smallest absolute Gasteiger partial charge is 0.147 e. The average molecular weight is 179 g/mol. The Morgan fingerprint density at radius 3 is 2.55 bits per heavy atom. The van der Waals surface area contributed by atoms with E-state index in [0.29, 0.717) is 0 Å².